The molecule has 2 fully saturated rings. The van der Waals surface area contributed by atoms with Crippen LogP contribution in [0.25, 0.3) is 0 Å². The van der Waals surface area contributed by atoms with Gasteiger partial charge in [0.1, 0.15) is 6.10 Å². The van der Waals surface area contributed by atoms with Gasteiger partial charge in [0.2, 0.25) is 0 Å². The summed E-state index contributed by atoms with van der Waals surface area (Å²) in [4.78, 5) is 14.5. The first kappa shape index (κ1) is 16.4. The Bertz CT molecular complexity index is 491. The zero-order valence-corrected chi connectivity index (χ0v) is 13.7. The zero-order chi connectivity index (χ0) is 15.9. The topological polar surface area (TPSA) is 53.6 Å². The van der Waals surface area contributed by atoms with Crippen molar-refractivity contribution in [1.82, 2.24) is 15.5 Å². The molecule has 126 valence electrons. The highest BCUT2D eigenvalue weighted by atomic mass is 16.5. The molecule has 5 nitrogen and oxygen atoms in total. The lowest BCUT2D eigenvalue weighted by Crippen LogP contribution is -2.47. The third kappa shape index (κ3) is 5.03. The van der Waals surface area contributed by atoms with E-state index in [2.05, 4.69) is 39.8 Å². The fourth-order valence-electron chi connectivity index (χ4n) is 3.18. The molecular formula is C18H27N3O2. The fraction of sp³-hybridized carbons (Fsp3) is 0.611. The third-order valence-electron chi connectivity index (χ3n) is 4.56. The molecule has 23 heavy (non-hydrogen) atoms. The smallest absolute Gasteiger partial charge is 0.250 e. The maximum absolute atomic E-state index is 12.0. The van der Waals surface area contributed by atoms with Crippen LogP contribution in [0.5, 0.6) is 0 Å². The number of carbonyl (C=O) groups is 1. The van der Waals surface area contributed by atoms with Gasteiger partial charge in [-0.05, 0) is 37.1 Å². The number of rotatable bonds is 5. The second-order valence-electron chi connectivity index (χ2n) is 6.43. The summed E-state index contributed by atoms with van der Waals surface area (Å²) in [6, 6.07) is 8.57. The minimum atomic E-state index is -0.359. The van der Waals surface area contributed by atoms with Gasteiger partial charge in [0.05, 0.1) is 6.61 Å². The lowest BCUT2D eigenvalue weighted by atomic mass is 10.1. The van der Waals surface area contributed by atoms with E-state index in [9.17, 15) is 4.79 Å². The van der Waals surface area contributed by atoms with Crippen LogP contribution in [0, 0.1) is 0 Å². The first-order valence-corrected chi connectivity index (χ1v) is 8.71. The Morgan fingerprint density at radius 3 is 2.61 bits per heavy atom. The summed E-state index contributed by atoms with van der Waals surface area (Å²) in [7, 11) is 0. The van der Waals surface area contributed by atoms with Gasteiger partial charge in [-0.15, -0.1) is 0 Å². The SMILES string of the molecule is O=C(NCc1ccc(CN2CCCCC2)cc1)C1CNCCO1. The molecule has 2 heterocycles. The van der Waals surface area contributed by atoms with E-state index < -0.39 is 0 Å². The first-order valence-electron chi connectivity index (χ1n) is 8.71. The maximum atomic E-state index is 12.0. The largest absolute Gasteiger partial charge is 0.366 e. The van der Waals surface area contributed by atoms with Crippen molar-refractivity contribution in [3.05, 3.63) is 35.4 Å². The van der Waals surface area contributed by atoms with E-state index in [4.69, 9.17) is 4.74 Å². The summed E-state index contributed by atoms with van der Waals surface area (Å²) in [5.74, 6) is -0.0328. The molecule has 1 aromatic carbocycles. The maximum Gasteiger partial charge on any atom is 0.250 e. The third-order valence-corrected chi connectivity index (χ3v) is 4.56. The molecule has 0 aliphatic carbocycles. The van der Waals surface area contributed by atoms with E-state index in [-0.39, 0.29) is 12.0 Å². The summed E-state index contributed by atoms with van der Waals surface area (Å²) >= 11 is 0. The monoisotopic (exact) mass is 317 g/mol. The van der Waals surface area contributed by atoms with Crippen LogP contribution in [-0.2, 0) is 22.6 Å². The van der Waals surface area contributed by atoms with E-state index in [1.807, 2.05) is 0 Å². The van der Waals surface area contributed by atoms with Crippen molar-refractivity contribution in [2.24, 2.45) is 0 Å². The van der Waals surface area contributed by atoms with Crippen molar-refractivity contribution in [2.45, 2.75) is 38.5 Å². The van der Waals surface area contributed by atoms with Gasteiger partial charge in [0.15, 0.2) is 0 Å². The van der Waals surface area contributed by atoms with Crippen LogP contribution >= 0.6 is 0 Å². The van der Waals surface area contributed by atoms with Crippen molar-refractivity contribution in [3.8, 4) is 0 Å². The van der Waals surface area contributed by atoms with Crippen LogP contribution in [0.1, 0.15) is 30.4 Å². The summed E-state index contributed by atoms with van der Waals surface area (Å²) in [6.45, 7) is 6.05. The Kier molecular flexibility index (Phi) is 6.02. The van der Waals surface area contributed by atoms with Crippen LogP contribution in [0.2, 0.25) is 0 Å². The highest BCUT2D eigenvalue weighted by molar-refractivity contribution is 5.81. The molecule has 2 aliphatic heterocycles. The molecule has 0 bridgehead atoms. The number of carbonyl (C=O) groups excluding carboxylic acids is 1. The molecule has 0 spiro atoms. The Hall–Kier alpha value is -1.43. The van der Waals surface area contributed by atoms with Crippen molar-refractivity contribution in [3.63, 3.8) is 0 Å². The molecule has 3 rings (SSSR count). The van der Waals surface area contributed by atoms with Crippen LogP contribution in [0.3, 0.4) is 0 Å². The van der Waals surface area contributed by atoms with Crippen LogP contribution in [-0.4, -0.2) is 49.7 Å². The molecule has 5 heteroatoms. The molecule has 1 unspecified atom stereocenters. The van der Waals surface area contributed by atoms with Crippen LogP contribution in [0.4, 0.5) is 0 Å². The molecule has 1 atom stereocenters. The van der Waals surface area contributed by atoms with Crippen molar-refractivity contribution < 1.29 is 9.53 Å². The molecule has 0 radical (unpaired) electrons. The van der Waals surface area contributed by atoms with E-state index >= 15 is 0 Å². The number of piperidine rings is 1. The molecule has 2 aliphatic rings. The van der Waals surface area contributed by atoms with Crippen molar-refractivity contribution in [1.29, 1.82) is 0 Å². The molecule has 2 saturated heterocycles. The van der Waals surface area contributed by atoms with E-state index in [1.54, 1.807) is 0 Å². The van der Waals surface area contributed by atoms with Gasteiger partial charge in [-0.3, -0.25) is 9.69 Å². The van der Waals surface area contributed by atoms with Gasteiger partial charge < -0.3 is 15.4 Å². The van der Waals surface area contributed by atoms with Gasteiger partial charge in [-0.2, -0.15) is 0 Å². The molecule has 1 aromatic rings. The van der Waals surface area contributed by atoms with Crippen molar-refractivity contribution >= 4 is 5.91 Å². The predicted molar refractivity (Wildman–Crippen MR) is 90.0 cm³/mol. The number of ether oxygens (including phenoxy) is 1. The fourth-order valence-corrected chi connectivity index (χ4v) is 3.18. The number of benzene rings is 1. The van der Waals surface area contributed by atoms with Gasteiger partial charge in [-0.1, -0.05) is 30.7 Å². The lowest BCUT2D eigenvalue weighted by Gasteiger charge is -2.26. The molecule has 0 saturated carbocycles. The number of nitrogens with zero attached hydrogens (tertiary/aromatic N) is 1. The summed E-state index contributed by atoms with van der Waals surface area (Å²) in [5, 5.41) is 6.12. The van der Waals surface area contributed by atoms with Gasteiger partial charge in [0.25, 0.3) is 5.91 Å². The normalized spacial score (nSPS) is 22.7. The highest BCUT2D eigenvalue weighted by Crippen LogP contribution is 2.13. The second kappa shape index (κ2) is 8.43. The predicted octanol–water partition coefficient (Wildman–Crippen LogP) is 1.28. The van der Waals surface area contributed by atoms with E-state index in [0.29, 0.717) is 19.7 Å². The molecule has 1 amide bonds. The van der Waals surface area contributed by atoms with E-state index in [1.165, 1.54) is 37.9 Å². The first-order chi connectivity index (χ1) is 11.3. The number of nitrogens with one attached hydrogen (secondary N) is 2. The Morgan fingerprint density at radius 2 is 1.91 bits per heavy atom. The average molecular weight is 317 g/mol. The highest BCUT2D eigenvalue weighted by Gasteiger charge is 2.21. The van der Waals surface area contributed by atoms with Gasteiger partial charge in [-0.25, -0.2) is 0 Å². The average Bonchev–Trinajstić information content (AvgIpc) is 2.62. The minimum absolute atomic E-state index is 0.0328. The zero-order valence-electron chi connectivity index (χ0n) is 13.7. The molecular weight excluding hydrogens is 290 g/mol. The van der Waals surface area contributed by atoms with Crippen LogP contribution < -0.4 is 10.6 Å². The summed E-state index contributed by atoms with van der Waals surface area (Å²) in [5.41, 5.74) is 2.48. The molecule has 2 N–H and O–H groups in total. The van der Waals surface area contributed by atoms with Crippen LogP contribution in [0.15, 0.2) is 24.3 Å². The van der Waals surface area contributed by atoms with E-state index in [0.717, 1.165) is 18.7 Å². The van der Waals surface area contributed by atoms with Gasteiger partial charge in [0, 0.05) is 26.2 Å². The Balaban J connectivity index is 1.44. The second-order valence-corrected chi connectivity index (χ2v) is 6.43. The quantitative estimate of drug-likeness (QED) is 0.859. The summed E-state index contributed by atoms with van der Waals surface area (Å²) in [6.07, 6.45) is 3.65. The number of hydrogen-bond donors (Lipinski definition) is 2. The lowest BCUT2D eigenvalue weighted by molar-refractivity contribution is -0.134. The minimum Gasteiger partial charge on any atom is -0.366 e. The van der Waals surface area contributed by atoms with Crippen molar-refractivity contribution in [2.75, 3.05) is 32.8 Å². The van der Waals surface area contributed by atoms with Gasteiger partial charge >= 0.3 is 0 Å². The number of amides is 1. The number of hydrogen-bond acceptors (Lipinski definition) is 4. The summed E-state index contributed by atoms with van der Waals surface area (Å²) < 4.78 is 5.45. The number of morpholine rings is 1. The Morgan fingerprint density at radius 1 is 1.17 bits per heavy atom. The molecule has 0 aromatic heterocycles. The number of likely N-dealkylation sites (tertiary alicyclic amines) is 1. The standard InChI is InChI=1S/C18H27N3O2/c22-18(17-13-19-8-11-23-17)20-12-15-4-6-16(7-5-15)14-21-9-2-1-3-10-21/h4-7,17,19H,1-3,8-14H2,(H,20,22). The Labute approximate surface area is 138 Å².